The van der Waals surface area contributed by atoms with Crippen molar-refractivity contribution in [3.63, 3.8) is 0 Å². The summed E-state index contributed by atoms with van der Waals surface area (Å²) in [7, 11) is 0. The number of ether oxygens (including phenoxy) is 1. The number of amides is 1. The lowest BCUT2D eigenvalue weighted by Crippen LogP contribution is -2.44. The number of carbonyl (C=O) groups is 2. The first-order valence-corrected chi connectivity index (χ1v) is 12.0. The van der Waals surface area contributed by atoms with Gasteiger partial charge in [0, 0.05) is 18.5 Å². The van der Waals surface area contributed by atoms with Gasteiger partial charge in [-0.1, -0.05) is 35.9 Å². The van der Waals surface area contributed by atoms with E-state index < -0.39 is 0 Å². The second-order valence-corrected chi connectivity index (χ2v) is 9.20. The van der Waals surface area contributed by atoms with Gasteiger partial charge >= 0.3 is 5.97 Å². The predicted octanol–water partition coefficient (Wildman–Crippen LogP) is 4.40. The first-order chi connectivity index (χ1) is 16.4. The maximum atomic E-state index is 14.0. The van der Waals surface area contributed by atoms with Crippen molar-refractivity contribution < 1.29 is 18.7 Å². The third-order valence-electron chi connectivity index (χ3n) is 6.58. The molecule has 7 heteroatoms. The minimum atomic E-state index is -0.371. The zero-order valence-electron chi connectivity index (χ0n) is 20.1. The Hall–Kier alpha value is -3.06. The van der Waals surface area contributed by atoms with Crippen LogP contribution >= 0.6 is 0 Å². The van der Waals surface area contributed by atoms with Crippen LogP contribution in [0.3, 0.4) is 0 Å². The summed E-state index contributed by atoms with van der Waals surface area (Å²) in [6, 6.07) is 12.2. The Morgan fingerprint density at radius 2 is 2.00 bits per heavy atom. The SMILES string of the molecule is CCOC(=O)C1CCCN(CC(=O)N2N=C(c3ccc(C)cc3C)CC2c2cccc(F)c2)C1. The molecule has 2 heterocycles. The Labute approximate surface area is 200 Å². The molecular weight excluding hydrogens is 433 g/mol. The Bertz CT molecular complexity index is 1100. The minimum absolute atomic E-state index is 0.154. The first-order valence-electron chi connectivity index (χ1n) is 12.0. The highest BCUT2D eigenvalue weighted by molar-refractivity contribution is 6.04. The van der Waals surface area contributed by atoms with Gasteiger partial charge in [-0.2, -0.15) is 5.10 Å². The molecule has 0 N–H and O–H groups in total. The number of nitrogens with zero attached hydrogens (tertiary/aromatic N) is 3. The quantitative estimate of drug-likeness (QED) is 0.594. The number of aryl methyl sites for hydroxylation is 2. The minimum Gasteiger partial charge on any atom is -0.466 e. The Morgan fingerprint density at radius 3 is 2.74 bits per heavy atom. The molecule has 0 aliphatic carbocycles. The second kappa shape index (κ2) is 10.5. The lowest BCUT2D eigenvalue weighted by atomic mass is 9.95. The number of likely N-dealkylation sites (tertiary alicyclic amines) is 1. The maximum absolute atomic E-state index is 14.0. The summed E-state index contributed by atoms with van der Waals surface area (Å²) in [6.45, 7) is 7.63. The number of hydrogen-bond acceptors (Lipinski definition) is 5. The molecule has 2 aliphatic heterocycles. The van der Waals surface area contributed by atoms with E-state index in [0.717, 1.165) is 47.4 Å². The fraction of sp³-hybridized carbons (Fsp3) is 0.444. The Balaban J connectivity index is 1.57. The molecule has 2 aliphatic rings. The van der Waals surface area contributed by atoms with E-state index >= 15 is 0 Å². The van der Waals surface area contributed by atoms with Gasteiger partial charge in [0.25, 0.3) is 5.91 Å². The molecule has 1 fully saturated rings. The molecule has 2 atom stereocenters. The van der Waals surface area contributed by atoms with Crippen LogP contribution in [0.1, 0.15) is 54.5 Å². The molecule has 0 saturated carbocycles. The van der Waals surface area contributed by atoms with E-state index in [1.807, 2.05) is 36.9 Å². The third-order valence-corrected chi connectivity index (χ3v) is 6.58. The van der Waals surface area contributed by atoms with Crippen molar-refractivity contribution in [2.45, 2.75) is 46.1 Å². The molecule has 0 spiro atoms. The van der Waals surface area contributed by atoms with Crippen molar-refractivity contribution in [3.8, 4) is 0 Å². The lowest BCUT2D eigenvalue weighted by Gasteiger charge is -2.32. The van der Waals surface area contributed by atoms with Gasteiger partial charge in [0.2, 0.25) is 0 Å². The monoisotopic (exact) mass is 465 g/mol. The van der Waals surface area contributed by atoms with Crippen molar-refractivity contribution >= 4 is 17.6 Å². The highest BCUT2D eigenvalue weighted by Crippen LogP contribution is 2.34. The van der Waals surface area contributed by atoms with E-state index in [1.54, 1.807) is 13.0 Å². The van der Waals surface area contributed by atoms with Gasteiger partial charge in [-0.15, -0.1) is 0 Å². The van der Waals surface area contributed by atoms with E-state index in [4.69, 9.17) is 9.84 Å². The summed E-state index contributed by atoms with van der Waals surface area (Å²) in [4.78, 5) is 27.7. The van der Waals surface area contributed by atoms with E-state index in [1.165, 1.54) is 17.1 Å². The van der Waals surface area contributed by atoms with Crippen LogP contribution < -0.4 is 0 Å². The van der Waals surface area contributed by atoms with E-state index in [-0.39, 0.29) is 36.2 Å². The molecule has 2 aromatic carbocycles. The molecule has 1 saturated heterocycles. The van der Waals surface area contributed by atoms with Crippen molar-refractivity contribution in [1.82, 2.24) is 9.91 Å². The van der Waals surface area contributed by atoms with Gasteiger partial charge in [0.1, 0.15) is 5.82 Å². The van der Waals surface area contributed by atoms with Crippen LogP contribution in [-0.4, -0.2) is 53.7 Å². The van der Waals surface area contributed by atoms with E-state index in [2.05, 4.69) is 6.07 Å². The standard InChI is InChI=1S/C27H32FN3O3/c1-4-34-27(33)21-8-6-12-30(16-21)17-26(32)31-25(20-7-5-9-22(28)14-20)15-24(29-31)23-11-10-18(2)13-19(23)3/h5,7,9-11,13-14,21,25H,4,6,8,12,15-17H2,1-3H3. The number of rotatable bonds is 6. The number of carbonyl (C=O) groups excluding carboxylic acids is 2. The van der Waals surface area contributed by atoms with Crippen LogP contribution in [0.4, 0.5) is 4.39 Å². The van der Waals surface area contributed by atoms with Crippen molar-refractivity contribution in [2.75, 3.05) is 26.2 Å². The van der Waals surface area contributed by atoms with Gasteiger partial charge in [0.05, 0.1) is 30.8 Å². The molecule has 2 aromatic rings. The van der Waals surface area contributed by atoms with Crippen LogP contribution in [0.2, 0.25) is 0 Å². The number of esters is 1. The van der Waals surface area contributed by atoms with Gasteiger partial charge in [-0.3, -0.25) is 14.5 Å². The number of hydrazone groups is 1. The van der Waals surface area contributed by atoms with Crippen LogP contribution in [-0.2, 0) is 14.3 Å². The van der Waals surface area contributed by atoms with Crippen LogP contribution in [0.5, 0.6) is 0 Å². The van der Waals surface area contributed by atoms with Gasteiger partial charge in [-0.25, -0.2) is 9.40 Å². The van der Waals surface area contributed by atoms with Crippen molar-refractivity contribution in [3.05, 3.63) is 70.5 Å². The first kappa shape index (κ1) is 24.1. The van der Waals surface area contributed by atoms with Crippen LogP contribution in [0.25, 0.3) is 0 Å². The molecule has 4 rings (SSSR count). The highest BCUT2D eigenvalue weighted by atomic mass is 19.1. The summed E-state index contributed by atoms with van der Waals surface area (Å²) in [5.41, 5.74) is 4.81. The molecule has 0 radical (unpaired) electrons. The lowest BCUT2D eigenvalue weighted by molar-refractivity contribution is -0.150. The zero-order valence-corrected chi connectivity index (χ0v) is 20.1. The van der Waals surface area contributed by atoms with Gasteiger partial charge in [-0.05, 0) is 63.4 Å². The molecule has 1 amide bonds. The smallest absolute Gasteiger partial charge is 0.310 e. The van der Waals surface area contributed by atoms with E-state index in [0.29, 0.717) is 19.6 Å². The zero-order chi connectivity index (χ0) is 24.2. The maximum Gasteiger partial charge on any atom is 0.310 e. The normalized spacial score (nSPS) is 20.8. The summed E-state index contributed by atoms with van der Waals surface area (Å²) in [6.07, 6.45) is 2.12. The Kier molecular flexibility index (Phi) is 7.41. The third kappa shape index (κ3) is 5.36. The van der Waals surface area contributed by atoms with Crippen LogP contribution in [0.15, 0.2) is 47.6 Å². The number of halogens is 1. The molecular formula is C27H32FN3O3. The van der Waals surface area contributed by atoms with Gasteiger partial charge < -0.3 is 4.74 Å². The summed E-state index contributed by atoms with van der Waals surface area (Å²) in [5.74, 6) is -0.904. The second-order valence-electron chi connectivity index (χ2n) is 9.20. The molecule has 6 nitrogen and oxygen atoms in total. The number of piperidine rings is 1. The topological polar surface area (TPSA) is 62.2 Å². The van der Waals surface area contributed by atoms with Crippen molar-refractivity contribution in [2.24, 2.45) is 11.0 Å². The molecule has 180 valence electrons. The molecule has 0 bridgehead atoms. The molecule has 0 aromatic heterocycles. The average Bonchev–Trinajstić information content (AvgIpc) is 3.25. The number of hydrogen-bond donors (Lipinski definition) is 0. The summed E-state index contributed by atoms with van der Waals surface area (Å²) in [5, 5.41) is 6.26. The Morgan fingerprint density at radius 1 is 1.18 bits per heavy atom. The fourth-order valence-electron chi connectivity index (χ4n) is 4.93. The highest BCUT2D eigenvalue weighted by Gasteiger charge is 2.35. The predicted molar refractivity (Wildman–Crippen MR) is 129 cm³/mol. The summed E-state index contributed by atoms with van der Waals surface area (Å²) >= 11 is 0. The van der Waals surface area contributed by atoms with Gasteiger partial charge in [0.15, 0.2) is 0 Å². The molecule has 2 unspecified atom stereocenters. The van der Waals surface area contributed by atoms with Crippen LogP contribution in [0, 0.1) is 25.6 Å². The fourth-order valence-corrected chi connectivity index (χ4v) is 4.93. The summed E-state index contributed by atoms with van der Waals surface area (Å²) < 4.78 is 19.2. The van der Waals surface area contributed by atoms with E-state index in [9.17, 15) is 14.0 Å². The number of benzene rings is 2. The average molecular weight is 466 g/mol. The molecule has 34 heavy (non-hydrogen) atoms. The van der Waals surface area contributed by atoms with Crippen molar-refractivity contribution in [1.29, 1.82) is 0 Å². The largest absolute Gasteiger partial charge is 0.466 e.